The van der Waals surface area contributed by atoms with E-state index in [1.807, 2.05) is 0 Å². The van der Waals surface area contributed by atoms with Gasteiger partial charge in [0, 0.05) is 20.0 Å². The first-order chi connectivity index (χ1) is 9.51. The maximum Gasteiger partial charge on any atom is 0.242 e. The average Bonchev–Trinajstić information content (AvgIpc) is 2.91. The molecule has 0 aromatic carbocycles. The Morgan fingerprint density at radius 3 is 2.60 bits per heavy atom. The number of rotatable bonds is 7. The highest BCUT2D eigenvalue weighted by molar-refractivity contribution is 5.88. The van der Waals surface area contributed by atoms with Gasteiger partial charge in [0.05, 0.1) is 0 Å². The van der Waals surface area contributed by atoms with E-state index >= 15 is 0 Å². The molecule has 2 atom stereocenters. The van der Waals surface area contributed by atoms with Gasteiger partial charge in [-0.3, -0.25) is 9.59 Å². The fourth-order valence-corrected chi connectivity index (χ4v) is 2.98. The SMILES string of the molecule is CNC(=O)C1CCCN1C(=O)CCC(CCN)C(C)C. The number of hydrogen-bond donors (Lipinski definition) is 2. The van der Waals surface area contributed by atoms with Crippen molar-refractivity contribution in [2.24, 2.45) is 17.6 Å². The molecule has 1 aliphatic heterocycles. The summed E-state index contributed by atoms with van der Waals surface area (Å²) in [5, 5.41) is 2.65. The summed E-state index contributed by atoms with van der Waals surface area (Å²) in [6.45, 7) is 5.73. The van der Waals surface area contributed by atoms with Crippen molar-refractivity contribution < 1.29 is 9.59 Å². The van der Waals surface area contributed by atoms with E-state index in [1.54, 1.807) is 11.9 Å². The van der Waals surface area contributed by atoms with Crippen molar-refractivity contribution in [1.29, 1.82) is 0 Å². The van der Waals surface area contributed by atoms with Crippen LogP contribution in [0.1, 0.15) is 46.0 Å². The Labute approximate surface area is 122 Å². The first-order valence-electron chi connectivity index (χ1n) is 7.72. The molecule has 3 N–H and O–H groups in total. The quantitative estimate of drug-likeness (QED) is 0.735. The number of carbonyl (C=O) groups is 2. The first-order valence-corrected chi connectivity index (χ1v) is 7.72. The van der Waals surface area contributed by atoms with Crippen molar-refractivity contribution in [2.45, 2.75) is 52.0 Å². The molecule has 0 saturated carbocycles. The molecule has 5 nitrogen and oxygen atoms in total. The van der Waals surface area contributed by atoms with Crippen molar-refractivity contribution in [2.75, 3.05) is 20.1 Å². The summed E-state index contributed by atoms with van der Waals surface area (Å²) in [6, 6.07) is -0.264. The van der Waals surface area contributed by atoms with Crippen LogP contribution in [0.3, 0.4) is 0 Å². The lowest BCUT2D eigenvalue weighted by Gasteiger charge is -2.25. The van der Waals surface area contributed by atoms with Gasteiger partial charge in [0.2, 0.25) is 11.8 Å². The molecule has 2 unspecified atom stereocenters. The fraction of sp³-hybridized carbons (Fsp3) is 0.867. The number of nitrogens with zero attached hydrogens (tertiary/aromatic N) is 1. The van der Waals surface area contributed by atoms with Gasteiger partial charge >= 0.3 is 0 Å². The zero-order chi connectivity index (χ0) is 15.1. The van der Waals surface area contributed by atoms with Gasteiger partial charge in [0.15, 0.2) is 0 Å². The normalized spacial score (nSPS) is 20.2. The summed E-state index contributed by atoms with van der Waals surface area (Å²) < 4.78 is 0. The Hall–Kier alpha value is -1.10. The third kappa shape index (κ3) is 4.47. The highest BCUT2D eigenvalue weighted by Crippen LogP contribution is 2.23. The average molecular weight is 283 g/mol. The monoisotopic (exact) mass is 283 g/mol. The zero-order valence-electron chi connectivity index (χ0n) is 13.0. The largest absolute Gasteiger partial charge is 0.357 e. The van der Waals surface area contributed by atoms with E-state index in [2.05, 4.69) is 19.2 Å². The lowest BCUT2D eigenvalue weighted by atomic mass is 9.88. The van der Waals surface area contributed by atoms with Gasteiger partial charge < -0.3 is 16.0 Å². The molecule has 2 amide bonds. The van der Waals surface area contributed by atoms with E-state index in [-0.39, 0.29) is 17.9 Å². The topological polar surface area (TPSA) is 75.4 Å². The summed E-state index contributed by atoms with van der Waals surface area (Å²) in [7, 11) is 1.62. The third-order valence-corrected chi connectivity index (χ3v) is 4.33. The Balaban J connectivity index is 2.51. The van der Waals surface area contributed by atoms with E-state index in [9.17, 15) is 9.59 Å². The van der Waals surface area contributed by atoms with E-state index in [4.69, 9.17) is 5.73 Å². The highest BCUT2D eigenvalue weighted by Gasteiger charge is 2.33. The third-order valence-electron chi connectivity index (χ3n) is 4.33. The molecular formula is C15H29N3O2. The van der Waals surface area contributed by atoms with Crippen LogP contribution in [0.4, 0.5) is 0 Å². The van der Waals surface area contributed by atoms with Crippen molar-refractivity contribution in [3.8, 4) is 0 Å². The van der Waals surface area contributed by atoms with Crippen LogP contribution in [-0.2, 0) is 9.59 Å². The van der Waals surface area contributed by atoms with Crippen molar-refractivity contribution in [1.82, 2.24) is 10.2 Å². The van der Waals surface area contributed by atoms with E-state index < -0.39 is 0 Å². The fourth-order valence-electron chi connectivity index (χ4n) is 2.98. The van der Waals surface area contributed by atoms with Gasteiger partial charge in [0.1, 0.15) is 6.04 Å². The van der Waals surface area contributed by atoms with Crippen molar-refractivity contribution in [3.63, 3.8) is 0 Å². The summed E-state index contributed by atoms with van der Waals surface area (Å²) in [4.78, 5) is 25.8. The molecule has 0 aliphatic carbocycles. The second kappa shape index (κ2) is 8.25. The van der Waals surface area contributed by atoms with Crippen LogP contribution >= 0.6 is 0 Å². The second-order valence-corrected chi connectivity index (χ2v) is 5.98. The zero-order valence-corrected chi connectivity index (χ0v) is 13.0. The Morgan fingerprint density at radius 1 is 1.35 bits per heavy atom. The summed E-state index contributed by atoms with van der Waals surface area (Å²) in [5.41, 5.74) is 5.63. The van der Waals surface area contributed by atoms with E-state index in [0.29, 0.717) is 31.3 Å². The molecule has 1 heterocycles. The predicted molar refractivity (Wildman–Crippen MR) is 80.0 cm³/mol. The summed E-state index contributed by atoms with van der Waals surface area (Å²) in [6.07, 6.45) is 4.05. The van der Waals surface area contributed by atoms with Crippen LogP contribution in [0, 0.1) is 11.8 Å². The molecule has 5 heteroatoms. The van der Waals surface area contributed by atoms with Crippen LogP contribution in [0.15, 0.2) is 0 Å². The maximum absolute atomic E-state index is 12.3. The molecule has 0 radical (unpaired) electrons. The molecule has 0 aromatic heterocycles. The minimum atomic E-state index is -0.264. The lowest BCUT2D eigenvalue weighted by Crippen LogP contribution is -2.45. The van der Waals surface area contributed by atoms with Gasteiger partial charge in [-0.1, -0.05) is 13.8 Å². The van der Waals surface area contributed by atoms with Crippen molar-refractivity contribution >= 4 is 11.8 Å². The minimum Gasteiger partial charge on any atom is -0.357 e. The van der Waals surface area contributed by atoms with Gasteiger partial charge in [-0.15, -0.1) is 0 Å². The van der Waals surface area contributed by atoms with Gasteiger partial charge in [-0.25, -0.2) is 0 Å². The molecule has 0 bridgehead atoms. The molecule has 0 aromatic rings. The molecule has 0 spiro atoms. The number of amides is 2. The molecule has 1 rings (SSSR count). The molecule has 20 heavy (non-hydrogen) atoms. The van der Waals surface area contributed by atoms with Gasteiger partial charge in [-0.2, -0.15) is 0 Å². The maximum atomic E-state index is 12.3. The van der Waals surface area contributed by atoms with Gasteiger partial charge in [-0.05, 0) is 44.1 Å². The number of hydrogen-bond acceptors (Lipinski definition) is 3. The highest BCUT2D eigenvalue weighted by atomic mass is 16.2. The first kappa shape index (κ1) is 17.0. The summed E-state index contributed by atoms with van der Waals surface area (Å²) >= 11 is 0. The molecule has 1 saturated heterocycles. The van der Waals surface area contributed by atoms with E-state index in [1.165, 1.54) is 0 Å². The number of likely N-dealkylation sites (N-methyl/N-ethyl adjacent to an activating group) is 1. The van der Waals surface area contributed by atoms with Crippen LogP contribution in [0.25, 0.3) is 0 Å². The second-order valence-electron chi connectivity index (χ2n) is 5.98. The smallest absolute Gasteiger partial charge is 0.242 e. The van der Waals surface area contributed by atoms with Crippen LogP contribution in [-0.4, -0.2) is 42.9 Å². The summed E-state index contributed by atoms with van der Waals surface area (Å²) in [5.74, 6) is 1.10. The molecular weight excluding hydrogens is 254 g/mol. The Bertz CT molecular complexity index is 331. The van der Waals surface area contributed by atoms with Gasteiger partial charge in [0.25, 0.3) is 0 Å². The minimum absolute atomic E-state index is 0.0433. The molecule has 1 aliphatic rings. The molecule has 116 valence electrons. The van der Waals surface area contributed by atoms with Crippen LogP contribution in [0.2, 0.25) is 0 Å². The number of nitrogens with one attached hydrogen (secondary N) is 1. The number of carbonyl (C=O) groups excluding carboxylic acids is 2. The van der Waals surface area contributed by atoms with E-state index in [0.717, 1.165) is 25.7 Å². The number of nitrogens with two attached hydrogens (primary N) is 1. The lowest BCUT2D eigenvalue weighted by molar-refractivity contribution is -0.138. The predicted octanol–water partition coefficient (Wildman–Crippen LogP) is 1.12. The molecule has 1 fully saturated rings. The Kier molecular flexibility index (Phi) is 6.99. The van der Waals surface area contributed by atoms with Crippen molar-refractivity contribution in [3.05, 3.63) is 0 Å². The standard InChI is InChI=1S/C15H29N3O2/c1-11(2)12(8-9-16)6-7-14(19)18-10-4-5-13(18)15(20)17-3/h11-13H,4-10,16H2,1-3H3,(H,17,20). The number of likely N-dealkylation sites (tertiary alicyclic amines) is 1. The Morgan fingerprint density at radius 2 is 2.05 bits per heavy atom. The van der Waals surface area contributed by atoms with Crippen LogP contribution < -0.4 is 11.1 Å². The van der Waals surface area contributed by atoms with Crippen LogP contribution in [0.5, 0.6) is 0 Å².